The highest BCUT2D eigenvalue weighted by Crippen LogP contribution is 2.18. The molecule has 2 rings (SSSR count). The highest BCUT2D eigenvalue weighted by molar-refractivity contribution is 7.89. The number of benzene rings is 2. The second kappa shape index (κ2) is 6.90. The van der Waals surface area contributed by atoms with Gasteiger partial charge >= 0.3 is 10.2 Å². The van der Waals surface area contributed by atoms with Gasteiger partial charge in [-0.2, -0.15) is 8.42 Å². The molecule has 1 atom stereocenters. The zero-order chi connectivity index (χ0) is 18.8. The number of hydrogen-bond acceptors (Lipinski definition) is 5. The van der Waals surface area contributed by atoms with E-state index in [0.717, 1.165) is 12.1 Å². The lowest BCUT2D eigenvalue weighted by molar-refractivity contribution is 0.0939. The quantitative estimate of drug-likeness (QED) is 0.754. The average molecular weight is 386 g/mol. The monoisotopic (exact) mass is 386 g/mol. The van der Waals surface area contributed by atoms with Crippen molar-refractivity contribution in [3.05, 3.63) is 59.7 Å². The molecule has 25 heavy (non-hydrogen) atoms. The van der Waals surface area contributed by atoms with E-state index in [1.165, 1.54) is 30.3 Å². The van der Waals surface area contributed by atoms with Gasteiger partial charge in [0.2, 0.25) is 10.0 Å². The number of halogens is 1. The van der Waals surface area contributed by atoms with Gasteiger partial charge in [-0.15, -0.1) is 3.89 Å². The second-order valence-electron chi connectivity index (χ2n) is 5.28. The summed E-state index contributed by atoms with van der Waals surface area (Å²) in [5, 5.41) is 7.65. The minimum Gasteiger partial charge on any atom is -0.346 e. The summed E-state index contributed by atoms with van der Waals surface area (Å²) in [5.41, 5.74) is 0.433. The summed E-state index contributed by atoms with van der Waals surface area (Å²) in [7, 11) is -8.80. The summed E-state index contributed by atoms with van der Waals surface area (Å²) in [6.45, 7) is 1.61. The predicted octanol–water partition coefficient (Wildman–Crippen LogP) is 1.48. The molecule has 134 valence electrons. The van der Waals surface area contributed by atoms with Crippen molar-refractivity contribution >= 4 is 26.2 Å². The van der Waals surface area contributed by atoms with Crippen molar-refractivity contribution in [3.8, 4) is 0 Å². The van der Waals surface area contributed by atoms with Crippen LogP contribution in [0.25, 0.3) is 0 Å². The van der Waals surface area contributed by atoms with E-state index in [2.05, 4.69) is 5.32 Å². The first kappa shape index (κ1) is 19.0. The second-order valence-corrected chi connectivity index (χ2v) is 8.19. The fourth-order valence-corrected chi connectivity index (χ4v) is 3.19. The summed E-state index contributed by atoms with van der Waals surface area (Å²) >= 11 is 0. The van der Waals surface area contributed by atoms with Gasteiger partial charge in [-0.25, -0.2) is 13.6 Å². The molecule has 0 saturated heterocycles. The maximum Gasteiger partial charge on any atom is 0.332 e. The van der Waals surface area contributed by atoms with Crippen LogP contribution >= 0.6 is 0 Å². The number of primary sulfonamides is 1. The van der Waals surface area contributed by atoms with Crippen LogP contribution in [-0.4, -0.2) is 22.7 Å². The van der Waals surface area contributed by atoms with Gasteiger partial charge in [0.15, 0.2) is 0 Å². The average Bonchev–Trinajstić information content (AvgIpc) is 2.53. The number of amides is 1. The van der Waals surface area contributed by atoms with Crippen molar-refractivity contribution in [2.24, 2.45) is 5.14 Å². The topological polar surface area (TPSA) is 123 Å². The van der Waals surface area contributed by atoms with Gasteiger partial charge < -0.3 is 5.32 Å². The van der Waals surface area contributed by atoms with E-state index in [0.29, 0.717) is 5.56 Å². The molecular weight excluding hydrogens is 371 g/mol. The number of carbonyl (C=O) groups is 1. The molecule has 0 heterocycles. The van der Waals surface area contributed by atoms with Crippen LogP contribution in [0, 0.1) is 0 Å². The van der Waals surface area contributed by atoms with Crippen LogP contribution in [0.2, 0.25) is 0 Å². The van der Waals surface area contributed by atoms with Crippen LogP contribution in [-0.2, 0) is 20.2 Å². The third kappa shape index (κ3) is 4.84. The number of sulfonamides is 1. The Hall–Kier alpha value is -2.30. The van der Waals surface area contributed by atoms with Crippen LogP contribution in [0.3, 0.4) is 0 Å². The molecule has 7 nitrogen and oxygen atoms in total. The van der Waals surface area contributed by atoms with E-state index in [4.69, 9.17) is 5.14 Å². The first-order chi connectivity index (χ1) is 11.5. The zero-order valence-corrected chi connectivity index (χ0v) is 14.6. The van der Waals surface area contributed by atoms with Gasteiger partial charge in [0.1, 0.15) is 0 Å². The van der Waals surface area contributed by atoms with Crippen LogP contribution in [0.4, 0.5) is 3.89 Å². The molecule has 2 aromatic rings. The van der Waals surface area contributed by atoms with E-state index in [9.17, 15) is 25.5 Å². The molecule has 3 N–H and O–H groups in total. The van der Waals surface area contributed by atoms with Crippen molar-refractivity contribution in [1.82, 2.24) is 5.32 Å². The molecule has 0 aliphatic carbocycles. The van der Waals surface area contributed by atoms with E-state index < -0.39 is 37.1 Å². The fraction of sp³-hybridized carbons (Fsp3) is 0.133. The Balaban J connectivity index is 2.24. The third-order valence-corrected chi connectivity index (χ3v) is 5.14. The van der Waals surface area contributed by atoms with Crippen LogP contribution in [0.15, 0.2) is 58.3 Å². The number of carbonyl (C=O) groups excluding carboxylic acids is 1. The molecular formula is C15H15FN2O5S2. The molecule has 2 aromatic carbocycles. The Labute approximate surface area is 144 Å². The van der Waals surface area contributed by atoms with Crippen molar-refractivity contribution in [1.29, 1.82) is 0 Å². The van der Waals surface area contributed by atoms with E-state index >= 15 is 0 Å². The van der Waals surface area contributed by atoms with E-state index in [1.54, 1.807) is 13.0 Å². The molecule has 1 unspecified atom stereocenters. The highest BCUT2D eigenvalue weighted by Gasteiger charge is 2.17. The molecule has 0 spiro atoms. The Kier molecular flexibility index (Phi) is 5.26. The molecule has 0 saturated carbocycles. The Morgan fingerprint density at radius 3 is 2.24 bits per heavy atom. The van der Waals surface area contributed by atoms with Gasteiger partial charge in [-0.1, -0.05) is 18.2 Å². The normalized spacial score (nSPS) is 13.2. The maximum atomic E-state index is 13.0. The summed E-state index contributed by atoms with van der Waals surface area (Å²) in [4.78, 5) is 11.5. The lowest BCUT2D eigenvalue weighted by Gasteiger charge is -2.15. The lowest BCUT2D eigenvalue weighted by atomic mass is 10.1. The van der Waals surface area contributed by atoms with Gasteiger partial charge in [-0.05, 0) is 42.8 Å². The molecule has 0 radical (unpaired) electrons. The van der Waals surface area contributed by atoms with Crippen LogP contribution in [0.1, 0.15) is 28.9 Å². The summed E-state index contributed by atoms with van der Waals surface area (Å²) < 4.78 is 57.6. The molecule has 1 amide bonds. The molecule has 0 aromatic heterocycles. The number of hydrogen-bond donors (Lipinski definition) is 2. The smallest absolute Gasteiger partial charge is 0.332 e. The number of rotatable bonds is 5. The first-order valence-electron chi connectivity index (χ1n) is 6.97. The Bertz CT molecular complexity index is 1020. The molecule has 0 fully saturated rings. The standard InChI is InChI=1S/C15H15FN2O5S2/c1-10(11-4-2-7-14(8-11)25(17,22)23)18-15(19)12-5-3-6-13(9-12)24(16,20)21/h2-10H,1H3,(H,18,19)(H2,17,22,23). The van der Waals surface area contributed by atoms with Gasteiger partial charge in [-0.3, -0.25) is 4.79 Å². The van der Waals surface area contributed by atoms with Crippen molar-refractivity contribution in [3.63, 3.8) is 0 Å². The van der Waals surface area contributed by atoms with E-state index in [-0.39, 0.29) is 10.5 Å². The minimum absolute atomic E-state index is 0.0480. The summed E-state index contributed by atoms with van der Waals surface area (Å²) in [6.07, 6.45) is 0. The largest absolute Gasteiger partial charge is 0.346 e. The van der Waals surface area contributed by atoms with Crippen molar-refractivity contribution < 1.29 is 25.5 Å². The van der Waals surface area contributed by atoms with E-state index in [1.807, 2.05) is 0 Å². The minimum atomic E-state index is -4.92. The fourth-order valence-electron chi connectivity index (χ4n) is 2.11. The van der Waals surface area contributed by atoms with Gasteiger partial charge in [0.05, 0.1) is 15.8 Å². The van der Waals surface area contributed by atoms with Crippen LogP contribution in [0.5, 0.6) is 0 Å². The van der Waals surface area contributed by atoms with Crippen LogP contribution < -0.4 is 10.5 Å². The molecule has 0 aliphatic heterocycles. The molecule has 0 bridgehead atoms. The third-order valence-electron chi connectivity index (χ3n) is 3.41. The predicted molar refractivity (Wildman–Crippen MR) is 88.4 cm³/mol. The molecule has 0 aliphatic rings. The summed E-state index contributed by atoms with van der Waals surface area (Å²) in [6, 6.07) is 9.65. The first-order valence-corrected chi connectivity index (χ1v) is 9.90. The highest BCUT2D eigenvalue weighted by atomic mass is 32.3. The lowest BCUT2D eigenvalue weighted by Crippen LogP contribution is -2.27. The van der Waals surface area contributed by atoms with Crippen molar-refractivity contribution in [2.45, 2.75) is 22.8 Å². The zero-order valence-electron chi connectivity index (χ0n) is 13.0. The Morgan fingerprint density at radius 2 is 1.64 bits per heavy atom. The maximum absolute atomic E-state index is 13.0. The SMILES string of the molecule is CC(NC(=O)c1cccc(S(=O)(=O)F)c1)c1cccc(S(N)(=O)=O)c1. The number of nitrogens with two attached hydrogens (primary N) is 1. The molecule has 10 heteroatoms. The van der Waals surface area contributed by atoms with Crippen molar-refractivity contribution in [2.75, 3.05) is 0 Å². The van der Waals surface area contributed by atoms with Gasteiger partial charge in [0, 0.05) is 5.56 Å². The summed E-state index contributed by atoms with van der Waals surface area (Å²) in [5.74, 6) is -0.640. The number of nitrogens with one attached hydrogen (secondary N) is 1. The van der Waals surface area contributed by atoms with Gasteiger partial charge in [0.25, 0.3) is 5.91 Å². The Morgan fingerprint density at radius 1 is 1.04 bits per heavy atom.